The summed E-state index contributed by atoms with van der Waals surface area (Å²) in [6.07, 6.45) is 3.35. The van der Waals surface area contributed by atoms with E-state index in [1.807, 2.05) is 38.1 Å². The number of amides is 1. The predicted molar refractivity (Wildman–Crippen MR) is 127 cm³/mol. The number of rotatable bonds is 7. The molecule has 6 nitrogen and oxygen atoms in total. The fraction of sp³-hybridized carbons (Fsp3) is 0.259. The summed E-state index contributed by atoms with van der Waals surface area (Å²) < 4.78 is 11.3. The maximum absolute atomic E-state index is 12.6. The Morgan fingerprint density at radius 2 is 1.94 bits per heavy atom. The van der Waals surface area contributed by atoms with Crippen LogP contribution in [0.3, 0.4) is 0 Å². The van der Waals surface area contributed by atoms with Crippen molar-refractivity contribution in [2.24, 2.45) is 0 Å². The Morgan fingerprint density at radius 1 is 1.12 bits per heavy atom. The van der Waals surface area contributed by atoms with Crippen molar-refractivity contribution in [3.63, 3.8) is 0 Å². The molecule has 0 saturated carbocycles. The zero-order valence-electron chi connectivity index (χ0n) is 18.9. The second-order valence-electron chi connectivity index (χ2n) is 8.56. The molecule has 33 heavy (non-hydrogen) atoms. The molecule has 3 heterocycles. The largest absolute Gasteiger partial charge is 0.469 e. The van der Waals surface area contributed by atoms with Gasteiger partial charge in [-0.3, -0.25) is 4.79 Å². The van der Waals surface area contributed by atoms with Gasteiger partial charge in [-0.1, -0.05) is 18.2 Å². The molecule has 0 spiro atoms. The van der Waals surface area contributed by atoms with Crippen molar-refractivity contribution < 1.29 is 13.6 Å². The van der Waals surface area contributed by atoms with Crippen molar-refractivity contribution in [3.8, 4) is 11.5 Å². The van der Waals surface area contributed by atoms with Crippen LogP contribution in [0.2, 0.25) is 0 Å². The van der Waals surface area contributed by atoms with Gasteiger partial charge in [0, 0.05) is 35.8 Å². The summed E-state index contributed by atoms with van der Waals surface area (Å²) in [4.78, 5) is 19.7. The van der Waals surface area contributed by atoms with Crippen LogP contribution < -0.4 is 10.2 Å². The van der Waals surface area contributed by atoms with E-state index in [4.69, 9.17) is 13.8 Å². The average Bonchev–Trinajstić information content (AvgIpc) is 3.56. The van der Waals surface area contributed by atoms with Gasteiger partial charge in [0.05, 0.1) is 12.8 Å². The molecule has 2 aromatic carbocycles. The number of carbonyl (C=O) groups is 1. The third kappa shape index (κ3) is 4.55. The molecule has 6 heteroatoms. The van der Waals surface area contributed by atoms with Crippen molar-refractivity contribution >= 4 is 11.6 Å². The Morgan fingerprint density at radius 3 is 2.73 bits per heavy atom. The Kier molecular flexibility index (Phi) is 5.73. The standard InChI is InChI=1S/C27H27N3O3/c1-18(16-23-7-5-15-32-23)28-26(31)21-9-11-22(12-10-21)27-29-24(19(2)33-27)17-30-14-13-20-6-3-4-8-25(20)30/h3-12,15,18H,13-14,16-17H2,1-2H3,(H,28,31)/t18-/m0/s1. The van der Waals surface area contributed by atoms with E-state index >= 15 is 0 Å². The normalized spacial score (nSPS) is 13.7. The number of nitrogens with zero attached hydrogens (tertiary/aromatic N) is 2. The lowest BCUT2D eigenvalue weighted by atomic mass is 10.1. The number of fused-ring (bicyclic) bond motifs is 1. The van der Waals surface area contributed by atoms with Crippen molar-refractivity contribution in [2.75, 3.05) is 11.4 Å². The van der Waals surface area contributed by atoms with Crippen molar-refractivity contribution in [2.45, 2.75) is 39.3 Å². The van der Waals surface area contributed by atoms with Gasteiger partial charge in [-0.05, 0) is 68.3 Å². The minimum Gasteiger partial charge on any atom is -0.469 e. The molecule has 0 fully saturated rings. The van der Waals surface area contributed by atoms with Crippen molar-refractivity contribution in [1.82, 2.24) is 10.3 Å². The lowest BCUT2D eigenvalue weighted by molar-refractivity contribution is 0.0939. The fourth-order valence-electron chi connectivity index (χ4n) is 4.30. The summed E-state index contributed by atoms with van der Waals surface area (Å²) in [5.74, 6) is 2.14. The first-order valence-corrected chi connectivity index (χ1v) is 11.3. The summed E-state index contributed by atoms with van der Waals surface area (Å²) in [6.45, 7) is 5.63. The fourth-order valence-corrected chi connectivity index (χ4v) is 4.30. The highest BCUT2D eigenvalue weighted by Crippen LogP contribution is 2.30. The molecule has 2 aromatic heterocycles. The molecule has 0 saturated heterocycles. The van der Waals surface area contributed by atoms with Crippen LogP contribution >= 0.6 is 0 Å². The first-order chi connectivity index (χ1) is 16.1. The molecule has 0 radical (unpaired) electrons. The van der Waals surface area contributed by atoms with Crippen molar-refractivity contribution in [3.05, 3.63) is 95.3 Å². The summed E-state index contributed by atoms with van der Waals surface area (Å²) in [5, 5.41) is 3.01. The second kappa shape index (κ2) is 8.98. The van der Waals surface area contributed by atoms with Crippen LogP contribution in [0.5, 0.6) is 0 Å². The highest BCUT2D eigenvalue weighted by molar-refractivity contribution is 5.94. The molecular formula is C27H27N3O3. The molecule has 1 aliphatic rings. The molecule has 1 N–H and O–H groups in total. The number of benzene rings is 2. The van der Waals surface area contributed by atoms with Crippen LogP contribution in [0.25, 0.3) is 11.5 Å². The zero-order chi connectivity index (χ0) is 22.8. The summed E-state index contributed by atoms with van der Waals surface area (Å²) >= 11 is 0. The van der Waals surface area contributed by atoms with Gasteiger partial charge in [0.2, 0.25) is 5.89 Å². The van der Waals surface area contributed by atoms with Crippen LogP contribution in [-0.2, 0) is 19.4 Å². The van der Waals surface area contributed by atoms with E-state index in [0.717, 1.165) is 42.3 Å². The number of oxazole rings is 1. The SMILES string of the molecule is Cc1oc(-c2ccc(C(=O)N[C@@H](C)Cc3ccco3)cc2)nc1CN1CCc2ccccc21. The Bertz CT molecular complexity index is 1240. The third-order valence-electron chi connectivity index (χ3n) is 6.08. The highest BCUT2D eigenvalue weighted by Gasteiger charge is 2.21. The molecule has 0 bridgehead atoms. The molecule has 1 amide bonds. The van der Waals surface area contributed by atoms with Crippen LogP contribution in [-0.4, -0.2) is 23.5 Å². The van der Waals surface area contributed by atoms with Crippen LogP contribution in [0.15, 0.2) is 75.8 Å². The number of aromatic nitrogens is 1. The second-order valence-corrected chi connectivity index (χ2v) is 8.56. The minimum atomic E-state index is -0.113. The number of aryl methyl sites for hydroxylation is 1. The molecule has 4 aromatic rings. The summed E-state index contributed by atoms with van der Waals surface area (Å²) in [5.41, 5.74) is 5.05. The maximum Gasteiger partial charge on any atom is 0.251 e. The topological polar surface area (TPSA) is 71.5 Å². The van der Waals surface area contributed by atoms with Gasteiger partial charge in [-0.15, -0.1) is 0 Å². The number of furan rings is 1. The van der Waals surface area contributed by atoms with Gasteiger partial charge < -0.3 is 19.1 Å². The molecule has 5 rings (SSSR count). The molecule has 168 valence electrons. The summed E-state index contributed by atoms with van der Waals surface area (Å²) in [6, 6.07) is 19.6. The molecule has 0 unspecified atom stereocenters. The Hall–Kier alpha value is -3.80. The number of hydrogen-bond acceptors (Lipinski definition) is 5. The number of anilines is 1. The van der Waals surface area contributed by atoms with E-state index in [2.05, 4.69) is 34.5 Å². The molecule has 1 aliphatic heterocycles. The third-order valence-corrected chi connectivity index (χ3v) is 6.08. The van der Waals surface area contributed by atoms with E-state index < -0.39 is 0 Å². The van der Waals surface area contributed by atoms with Gasteiger partial charge in [-0.25, -0.2) is 4.98 Å². The van der Waals surface area contributed by atoms with E-state index in [0.29, 0.717) is 17.9 Å². The summed E-state index contributed by atoms with van der Waals surface area (Å²) in [7, 11) is 0. The number of para-hydroxylation sites is 1. The Balaban J connectivity index is 1.24. The first-order valence-electron chi connectivity index (χ1n) is 11.3. The number of carbonyl (C=O) groups excluding carboxylic acids is 1. The number of hydrogen-bond donors (Lipinski definition) is 1. The lowest BCUT2D eigenvalue weighted by Crippen LogP contribution is -2.33. The van der Waals surface area contributed by atoms with E-state index in [1.165, 1.54) is 11.3 Å². The molecule has 0 aliphatic carbocycles. The van der Waals surface area contributed by atoms with Crippen molar-refractivity contribution in [1.29, 1.82) is 0 Å². The van der Waals surface area contributed by atoms with Gasteiger partial charge in [0.15, 0.2) is 0 Å². The average molecular weight is 442 g/mol. The Labute approximate surface area is 193 Å². The molecular weight excluding hydrogens is 414 g/mol. The predicted octanol–water partition coefficient (Wildman–Crippen LogP) is 5.17. The van der Waals surface area contributed by atoms with Gasteiger partial charge in [0.1, 0.15) is 17.2 Å². The van der Waals surface area contributed by atoms with Crippen LogP contribution in [0, 0.1) is 6.92 Å². The van der Waals surface area contributed by atoms with E-state index in [9.17, 15) is 4.79 Å². The zero-order valence-corrected chi connectivity index (χ0v) is 18.9. The van der Waals surface area contributed by atoms with Gasteiger partial charge in [-0.2, -0.15) is 0 Å². The van der Waals surface area contributed by atoms with E-state index in [-0.39, 0.29) is 11.9 Å². The van der Waals surface area contributed by atoms with Gasteiger partial charge >= 0.3 is 0 Å². The van der Waals surface area contributed by atoms with Crippen LogP contribution in [0.4, 0.5) is 5.69 Å². The lowest BCUT2D eigenvalue weighted by Gasteiger charge is -2.17. The smallest absolute Gasteiger partial charge is 0.251 e. The molecule has 1 atom stereocenters. The van der Waals surface area contributed by atoms with Gasteiger partial charge in [0.25, 0.3) is 5.91 Å². The number of nitrogens with one attached hydrogen (secondary N) is 1. The first kappa shape index (κ1) is 21.1. The quantitative estimate of drug-likeness (QED) is 0.429. The van der Waals surface area contributed by atoms with Crippen LogP contribution in [0.1, 0.15) is 40.1 Å². The minimum absolute atomic E-state index is 0.0315. The maximum atomic E-state index is 12.6. The van der Waals surface area contributed by atoms with E-state index in [1.54, 1.807) is 18.4 Å². The monoisotopic (exact) mass is 441 g/mol. The highest BCUT2D eigenvalue weighted by atomic mass is 16.4.